The molecule has 0 radical (unpaired) electrons. The van der Waals surface area contributed by atoms with Crippen molar-refractivity contribution < 1.29 is 14.1 Å². The molecule has 170 valence electrons. The molecule has 1 amide bonds. The van der Waals surface area contributed by atoms with E-state index in [1.807, 2.05) is 75.4 Å². The van der Waals surface area contributed by atoms with Crippen molar-refractivity contribution in [3.05, 3.63) is 96.3 Å². The molecule has 0 saturated carbocycles. The third-order valence-corrected chi connectivity index (χ3v) is 4.84. The van der Waals surface area contributed by atoms with Crippen LogP contribution in [-0.2, 0) is 16.8 Å². The molecular formula is C27H29N3O3. The maximum absolute atomic E-state index is 10.4. The van der Waals surface area contributed by atoms with Crippen LogP contribution < -0.4 is 15.8 Å². The summed E-state index contributed by atoms with van der Waals surface area (Å²) >= 11 is 0. The Morgan fingerprint density at radius 3 is 2.21 bits per heavy atom. The van der Waals surface area contributed by atoms with Gasteiger partial charge < -0.3 is 20.3 Å². The summed E-state index contributed by atoms with van der Waals surface area (Å²) in [5, 5.41) is 6.19. The molecule has 3 N–H and O–H groups in total. The minimum absolute atomic E-state index is 0.00458. The fraction of sp³-hybridized carbons (Fsp3) is 0.185. The molecule has 6 nitrogen and oxygen atoms in total. The number of nitrogen functional groups attached to an aromatic ring is 1. The Morgan fingerprint density at radius 1 is 0.970 bits per heavy atom. The third-order valence-electron chi connectivity index (χ3n) is 4.84. The molecule has 0 saturated heterocycles. The molecule has 1 aromatic heterocycles. The van der Waals surface area contributed by atoms with Crippen LogP contribution in [-0.4, -0.2) is 11.6 Å². The predicted octanol–water partition coefficient (Wildman–Crippen LogP) is 6.06. The van der Waals surface area contributed by atoms with Crippen LogP contribution in [0.3, 0.4) is 0 Å². The van der Waals surface area contributed by atoms with Gasteiger partial charge in [0.25, 0.3) is 0 Å². The van der Waals surface area contributed by atoms with Gasteiger partial charge in [-0.1, -0.05) is 80.5 Å². The van der Waals surface area contributed by atoms with E-state index in [9.17, 15) is 4.79 Å². The first-order valence-corrected chi connectivity index (χ1v) is 10.7. The molecule has 6 heteroatoms. The topological polar surface area (TPSA) is 90.4 Å². The number of hydrogen-bond donors (Lipinski definition) is 2. The smallest absolute Gasteiger partial charge is 0.211 e. The molecule has 3 aromatic carbocycles. The van der Waals surface area contributed by atoms with E-state index < -0.39 is 0 Å². The number of nitrogens with one attached hydrogen (secondary N) is 1. The first kappa shape index (κ1) is 23.6. The number of ether oxygens (including phenoxy) is 1. The zero-order valence-corrected chi connectivity index (χ0v) is 19.1. The Bertz CT molecular complexity index is 1150. The van der Waals surface area contributed by atoms with Gasteiger partial charge in [0.1, 0.15) is 18.1 Å². The molecule has 0 aliphatic carbocycles. The highest BCUT2D eigenvalue weighted by molar-refractivity contribution is 5.71. The van der Waals surface area contributed by atoms with Gasteiger partial charge >= 0.3 is 0 Å². The normalized spacial score (nSPS) is 10.6. The highest BCUT2D eigenvalue weighted by atomic mass is 16.5. The lowest BCUT2D eigenvalue weighted by atomic mass is 9.93. The van der Waals surface area contributed by atoms with E-state index in [4.69, 9.17) is 15.0 Å². The Morgan fingerprint density at radius 2 is 1.64 bits per heavy atom. The van der Waals surface area contributed by atoms with Gasteiger partial charge in [0.2, 0.25) is 6.41 Å². The van der Waals surface area contributed by atoms with Gasteiger partial charge in [-0.2, -0.15) is 0 Å². The molecule has 0 atom stereocenters. The van der Waals surface area contributed by atoms with Gasteiger partial charge in [-0.25, -0.2) is 0 Å². The fourth-order valence-corrected chi connectivity index (χ4v) is 3.06. The lowest BCUT2D eigenvalue weighted by Gasteiger charge is -2.11. The van der Waals surface area contributed by atoms with Crippen molar-refractivity contribution in [1.29, 1.82) is 0 Å². The molecule has 1 heterocycles. The first-order chi connectivity index (χ1) is 15.9. The van der Waals surface area contributed by atoms with Crippen LogP contribution in [0.4, 0.5) is 11.5 Å². The quantitative estimate of drug-likeness (QED) is 0.354. The molecule has 0 aliphatic heterocycles. The van der Waals surface area contributed by atoms with Gasteiger partial charge in [0.15, 0.2) is 5.82 Å². The predicted molar refractivity (Wildman–Crippen MR) is 132 cm³/mol. The van der Waals surface area contributed by atoms with Crippen LogP contribution in [0, 0.1) is 0 Å². The lowest BCUT2D eigenvalue weighted by Crippen LogP contribution is -2.09. The van der Waals surface area contributed by atoms with Crippen LogP contribution in [0.2, 0.25) is 0 Å². The summed E-state index contributed by atoms with van der Waals surface area (Å²) in [6.45, 7) is 6.64. The molecule has 0 fully saturated rings. The molecule has 4 rings (SSSR count). The summed E-state index contributed by atoms with van der Waals surface area (Å²) in [7, 11) is 0. The second-order valence-corrected chi connectivity index (χ2v) is 8.46. The summed E-state index contributed by atoms with van der Waals surface area (Å²) in [6, 6.07) is 27.6. The third kappa shape index (κ3) is 6.97. The van der Waals surface area contributed by atoms with E-state index in [1.165, 1.54) is 11.1 Å². The zero-order valence-electron chi connectivity index (χ0n) is 19.1. The minimum Gasteiger partial charge on any atom is -0.489 e. The van der Waals surface area contributed by atoms with Gasteiger partial charge in [-0.3, -0.25) is 4.79 Å². The number of amides is 1. The zero-order chi connectivity index (χ0) is 23.7. The van der Waals surface area contributed by atoms with E-state index >= 15 is 0 Å². The van der Waals surface area contributed by atoms with Crippen molar-refractivity contribution in [2.75, 3.05) is 11.1 Å². The number of benzene rings is 3. The first-order valence-electron chi connectivity index (χ1n) is 10.7. The summed E-state index contributed by atoms with van der Waals surface area (Å²) in [5.74, 6) is 2.04. The summed E-state index contributed by atoms with van der Waals surface area (Å²) in [5.41, 5.74) is 9.61. The van der Waals surface area contributed by atoms with E-state index in [-0.39, 0.29) is 5.41 Å². The van der Waals surface area contributed by atoms with Crippen LogP contribution in [0.15, 0.2) is 89.5 Å². The fourth-order valence-electron chi connectivity index (χ4n) is 3.06. The highest BCUT2D eigenvalue weighted by Gasteiger charge is 2.18. The lowest BCUT2D eigenvalue weighted by molar-refractivity contribution is -0.105. The summed E-state index contributed by atoms with van der Waals surface area (Å²) < 4.78 is 10.8. The van der Waals surface area contributed by atoms with E-state index in [2.05, 4.69) is 34.7 Å². The van der Waals surface area contributed by atoms with Gasteiger partial charge in [0, 0.05) is 17.2 Å². The number of carbonyl (C=O) groups excluding carboxylic acids is 1. The van der Waals surface area contributed by atoms with Crippen molar-refractivity contribution in [1.82, 2.24) is 5.16 Å². The SMILES string of the molecule is CC(C)(C)c1cc(N)no1.O=CNc1ccc(OCc2ccccc2-c2ccccc2)cc1. The summed E-state index contributed by atoms with van der Waals surface area (Å²) in [4.78, 5) is 10.4. The summed E-state index contributed by atoms with van der Waals surface area (Å²) in [6.07, 6.45) is 0.659. The maximum atomic E-state index is 10.4. The largest absolute Gasteiger partial charge is 0.489 e. The molecule has 0 unspecified atom stereocenters. The number of nitrogens with two attached hydrogens (primary N) is 1. The van der Waals surface area contributed by atoms with Crippen LogP contribution in [0.5, 0.6) is 5.75 Å². The molecule has 0 aliphatic rings. The average molecular weight is 444 g/mol. The van der Waals surface area contributed by atoms with E-state index in [0.717, 1.165) is 22.8 Å². The molecular weight excluding hydrogens is 414 g/mol. The number of hydrogen-bond acceptors (Lipinski definition) is 5. The van der Waals surface area contributed by atoms with Crippen molar-refractivity contribution in [2.45, 2.75) is 32.8 Å². The molecule has 33 heavy (non-hydrogen) atoms. The average Bonchev–Trinajstić information content (AvgIpc) is 3.27. The van der Waals surface area contributed by atoms with Crippen LogP contribution >= 0.6 is 0 Å². The van der Waals surface area contributed by atoms with Gasteiger partial charge in [-0.05, 0) is 41.0 Å². The number of rotatable bonds is 6. The van der Waals surface area contributed by atoms with E-state index in [1.54, 1.807) is 6.07 Å². The molecule has 0 bridgehead atoms. The van der Waals surface area contributed by atoms with Crippen LogP contribution in [0.25, 0.3) is 11.1 Å². The number of anilines is 2. The Labute approximate surface area is 194 Å². The van der Waals surface area contributed by atoms with E-state index in [0.29, 0.717) is 18.8 Å². The second kappa shape index (κ2) is 11.0. The van der Waals surface area contributed by atoms with Crippen molar-refractivity contribution >= 4 is 17.9 Å². The second-order valence-electron chi connectivity index (χ2n) is 8.46. The molecule has 4 aromatic rings. The highest BCUT2D eigenvalue weighted by Crippen LogP contribution is 2.25. The van der Waals surface area contributed by atoms with Gasteiger partial charge in [0.05, 0.1) is 0 Å². The maximum Gasteiger partial charge on any atom is 0.211 e. The van der Waals surface area contributed by atoms with Crippen molar-refractivity contribution in [2.24, 2.45) is 0 Å². The van der Waals surface area contributed by atoms with Crippen molar-refractivity contribution in [3.8, 4) is 16.9 Å². The molecule has 0 spiro atoms. The monoisotopic (exact) mass is 443 g/mol. The Balaban J connectivity index is 0.000000257. The Hall–Kier alpha value is -4.06. The number of carbonyl (C=O) groups is 1. The van der Waals surface area contributed by atoms with Gasteiger partial charge in [-0.15, -0.1) is 0 Å². The number of aromatic nitrogens is 1. The van der Waals surface area contributed by atoms with Crippen LogP contribution in [0.1, 0.15) is 32.1 Å². The van der Waals surface area contributed by atoms with Crippen molar-refractivity contribution in [3.63, 3.8) is 0 Å². The minimum atomic E-state index is 0.00458. The Kier molecular flexibility index (Phi) is 7.86. The standard InChI is InChI=1S/C20H17NO2.C7H12N2O/c22-15-21-18-10-12-19(13-11-18)23-14-17-8-4-5-9-20(17)16-6-2-1-3-7-16;1-7(2,3)5-4-6(8)9-10-5/h1-13,15H,14H2,(H,21,22);4H,1-3H3,(H2,8,9). The number of nitrogens with zero attached hydrogens (tertiary/aromatic N) is 1.